The molecule has 1 aliphatic carbocycles. The summed E-state index contributed by atoms with van der Waals surface area (Å²) in [6, 6.07) is 11.6. The molecule has 1 amide bonds. The van der Waals surface area contributed by atoms with Crippen molar-refractivity contribution in [1.29, 1.82) is 0 Å². The maximum atomic E-state index is 12.2. The minimum absolute atomic E-state index is 0.0464. The van der Waals surface area contributed by atoms with Crippen molar-refractivity contribution >= 4 is 45.3 Å². The molecule has 2 fully saturated rings. The Kier molecular flexibility index (Phi) is 4.01. The Morgan fingerprint density at radius 2 is 1.93 bits per heavy atom. The lowest BCUT2D eigenvalue weighted by atomic mass is 9.75. The minimum atomic E-state index is -1.59. The third kappa shape index (κ3) is 2.73. The predicted octanol–water partition coefficient (Wildman–Crippen LogP) is 3.37. The van der Waals surface area contributed by atoms with Crippen molar-refractivity contribution in [3.05, 3.63) is 53.2 Å². The number of hydrogen-bond donors (Lipinski definition) is 3. The number of anilines is 1. The molecule has 144 valence electrons. The number of rotatable bonds is 3. The van der Waals surface area contributed by atoms with Crippen LogP contribution in [-0.4, -0.2) is 26.8 Å². The highest BCUT2D eigenvalue weighted by Crippen LogP contribution is 2.42. The number of carbonyl (C=O) groups is 1. The van der Waals surface area contributed by atoms with E-state index in [9.17, 15) is 14.1 Å². The summed E-state index contributed by atoms with van der Waals surface area (Å²) in [7, 11) is 0. The van der Waals surface area contributed by atoms with Crippen LogP contribution in [0.4, 0.5) is 5.69 Å². The quantitative estimate of drug-likeness (QED) is 0.613. The van der Waals surface area contributed by atoms with Gasteiger partial charge in [-0.2, -0.15) is 0 Å². The molecule has 2 aromatic carbocycles. The summed E-state index contributed by atoms with van der Waals surface area (Å²) in [6.45, 7) is 0.0464. The van der Waals surface area contributed by atoms with Crippen molar-refractivity contribution in [3.8, 4) is 11.1 Å². The highest BCUT2D eigenvalue weighted by Gasteiger charge is 2.36. The first-order chi connectivity index (χ1) is 13.4. The van der Waals surface area contributed by atoms with E-state index in [4.69, 9.17) is 11.6 Å². The highest BCUT2D eigenvalue weighted by atomic mass is 35.5. The Labute approximate surface area is 169 Å². The van der Waals surface area contributed by atoms with E-state index >= 15 is 0 Å². The number of amides is 1. The van der Waals surface area contributed by atoms with Crippen LogP contribution in [0, 0.1) is 0 Å². The van der Waals surface area contributed by atoms with Gasteiger partial charge in [0.15, 0.2) is 0 Å². The maximum absolute atomic E-state index is 12.2. The fourth-order valence-electron chi connectivity index (χ4n) is 3.86. The topological polar surface area (TPSA) is 85.4 Å². The van der Waals surface area contributed by atoms with Gasteiger partial charge in [-0.1, -0.05) is 35.9 Å². The van der Waals surface area contributed by atoms with Gasteiger partial charge < -0.3 is 10.1 Å². The Hall–Kier alpha value is -2.35. The SMILES string of the molecule is O=C1CN(c2c[nH]c3cc(Cl)c(-c4ccc(C5(O)CCC5)cc4)cc23)S(=O)N1. The molecule has 8 heteroatoms. The molecule has 0 bridgehead atoms. The van der Waals surface area contributed by atoms with Crippen molar-refractivity contribution in [2.24, 2.45) is 0 Å². The van der Waals surface area contributed by atoms with E-state index in [1.807, 2.05) is 36.4 Å². The summed E-state index contributed by atoms with van der Waals surface area (Å²) in [5.74, 6) is -0.272. The lowest BCUT2D eigenvalue weighted by Crippen LogP contribution is -2.33. The number of H-pyrrole nitrogens is 1. The number of fused-ring (bicyclic) bond motifs is 1. The molecule has 0 spiro atoms. The number of benzene rings is 2. The molecule has 2 heterocycles. The largest absolute Gasteiger partial charge is 0.385 e. The molecule has 1 unspecified atom stereocenters. The van der Waals surface area contributed by atoms with Crippen LogP contribution >= 0.6 is 11.6 Å². The second-order valence-electron chi connectivity index (χ2n) is 7.33. The third-order valence-electron chi connectivity index (χ3n) is 5.62. The number of aromatic amines is 1. The summed E-state index contributed by atoms with van der Waals surface area (Å²) >= 11 is 4.93. The van der Waals surface area contributed by atoms with Crippen LogP contribution < -0.4 is 9.03 Å². The van der Waals surface area contributed by atoms with Crippen molar-refractivity contribution in [1.82, 2.24) is 9.71 Å². The molecule has 1 aliphatic heterocycles. The molecule has 1 saturated carbocycles. The van der Waals surface area contributed by atoms with Crippen molar-refractivity contribution in [2.75, 3.05) is 10.8 Å². The first kappa shape index (κ1) is 17.7. The van der Waals surface area contributed by atoms with Gasteiger partial charge in [-0.15, -0.1) is 0 Å². The number of aliphatic hydroxyl groups is 1. The number of hydrogen-bond acceptors (Lipinski definition) is 3. The van der Waals surface area contributed by atoms with E-state index in [1.54, 1.807) is 6.20 Å². The smallest absolute Gasteiger partial charge is 0.253 e. The van der Waals surface area contributed by atoms with Gasteiger partial charge in [-0.05, 0) is 42.5 Å². The minimum Gasteiger partial charge on any atom is -0.385 e. The van der Waals surface area contributed by atoms with E-state index in [0.717, 1.165) is 46.9 Å². The molecule has 1 aromatic heterocycles. The summed E-state index contributed by atoms with van der Waals surface area (Å²) < 4.78 is 16.1. The zero-order valence-electron chi connectivity index (χ0n) is 14.9. The van der Waals surface area contributed by atoms with Gasteiger partial charge in [0, 0.05) is 22.7 Å². The van der Waals surface area contributed by atoms with Crippen molar-refractivity contribution in [3.63, 3.8) is 0 Å². The van der Waals surface area contributed by atoms with Gasteiger partial charge in [0.25, 0.3) is 5.91 Å². The van der Waals surface area contributed by atoms with Gasteiger partial charge in [-0.3, -0.25) is 13.8 Å². The van der Waals surface area contributed by atoms with Crippen LogP contribution in [-0.2, 0) is 21.6 Å². The van der Waals surface area contributed by atoms with E-state index in [2.05, 4.69) is 9.71 Å². The van der Waals surface area contributed by atoms with Crippen LogP contribution in [0.25, 0.3) is 22.0 Å². The van der Waals surface area contributed by atoms with Gasteiger partial charge in [0.2, 0.25) is 11.2 Å². The van der Waals surface area contributed by atoms with E-state index in [0.29, 0.717) is 10.7 Å². The highest BCUT2D eigenvalue weighted by molar-refractivity contribution is 7.85. The van der Waals surface area contributed by atoms with Crippen LogP contribution in [0.15, 0.2) is 42.6 Å². The molecule has 1 atom stereocenters. The Morgan fingerprint density at radius 3 is 2.54 bits per heavy atom. The van der Waals surface area contributed by atoms with Gasteiger partial charge >= 0.3 is 0 Å². The van der Waals surface area contributed by atoms with E-state index in [-0.39, 0.29) is 12.5 Å². The zero-order chi connectivity index (χ0) is 19.5. The van der Waals surface area contributed by atoms with Crippen LogP contribution in [0.2, 0.25) is 5.02 Å². The summed E-state index contributed by atoms with van der Waals surface area (Å²) in [4.78, 5) is 14.7. The summed E-state index contributed by atoms with van der Waals surface area (Å²) in [5, 5.41) is 11.9. The van der Waals surface area contributed by atoms with Crippen LogP contribution in [0.1, 0.15) is 24.8 Å². The monoisotopic (exact) mass is 415 g/mol. The molecule has 3 aromatic rings. The summed E-state index contributed by atoms with van der Waals surface area (Å²) in [6.07, 6.45) is 4.38. The molecule has 0 radical (unpaired) electrons. The van der Waals surface area contributed by atoms with Gasteiger partial charge in [0.1, 0.15) is 6.54 Å². The fourth-order valence-corrected chi connectivity index (χ4v) is 5.07. The first-order valence-electron chi connectivity index (χ1n) is 9.07. The van der Waals surface area contributed by atoms with E-state index in [1.165, 1.54) is 4.31 Å². The summed E-state index contributed by atoms with van der Waals surface area (Å²) in [5.41, 5.74) is 3.50. The Bertz CT molecular complexity index is 1120. The lowest BCUT2D eigenvalue weighted by molar-refractivity contribution is -0.117. The fraction of sp³-hybridized carbons (Fsp3) is 0.250. The van der Waals surface area contributed by atoms with Crippen molar-refractivity contribution < 1.29 is 14.1 Å². The molecular formula is C20H18ClN3O3S. The number of nitrogens with zero attached hydrogens (tertiary/aromatic N) is 1. The Morgan fingerprint density at radius 1 is 1.18 bits per heavy atom. The number of aromatic nitrogens is 1. The molecule has 1 saturated heterocycles. The first-order valence-corrected chi connectivity index (χ1v) is 10.6. The van der Waals surface area contributed by atoms with E-state index < -0.39 is 16.8 Å². The molecule has 28 heavy (non-hydrogen) atoms. The van der Waals surface area contributed by atoms with Gasteiger partial charge in [0.05, 0.1) is 16.3 Å². The second-order valence-corrected chi connectivity index (χ2v) is 8.88. The average molecular weight is 416 g/mol. The standard InChI is InChI=1S/C20H18ClN3O3S/c21-16-9-17-15(18(10-22-17)24-11-19(25)23-28(24)27)8-14(16)12-2-4-13(5-3-12)20(26)6-1-7-20/h2-5,8-10,22,26H,1,6-7,11H2,(H,23,25). The number of carbonyl (C=O) groups excluding carboxylic acids is 1. The lowest BCUT2D eigenvalue weighted by Gasteiger charge is -2.37. The normalized spacial score (nSPS) is 21.0. The van der Waals surface area contributed by atoms with Crippen LogP contribution in [0.3, 0.4) is 0 Å². The molecule has 5 rings (SSSR count). The third-order valence-corrected chi connectivity index (χ3v) is 7.06. The Balaban J connectivity index is 1.56. The second kappa shape index (κ2) is 6.34. The molecule has 3 N–H and O–H groups in total. The molecular weight excluding hydrogens is 398 g/mol. The maximum Gasteiger partial charge on any atom is 0.253 e. The predicted molar refractivity (Wildman–Crippen MR) is 110 cm³/mol. The molecule has 6 nitrogen and oxygen atoms in total. The molecule has 2 aliphatic rings. The van der Waals surface area contributed by atoms with Crippen molar-refractivity contribution in [2.45, 2.75) is 24.9 Å². The van der Waals surface area contributed by atoms with Gasteiger partial charge in [-0.25, -0.2) is 4.21 Å². The average Bonchev–Trinajstić information content (AvgIpc) is 3.20. The number of halogens is 1. The zero-order valence-corrected chi connectivity index (χ0v) is 16.4. The van der Waals surface area contributed by atoms with Crippen LogP contribution in [0.5, 0.6) is 0 Å². The number of nitrogens with one attached hydrogen (secondary N) is 2.